The molecule has 0 saturated heterocycles. The van der Waals surface area contributed by atoms with Crippen LogP contribution in [0.3, 0.4) is 0 Å². The van der Waals surface area contributed by atoms with Crippen molar-refractivity contribution in [3.8, 4) is 0 Å². The number of thiophene rings is 1. The molecule has 0 bridgehead atoms. The van der Waals surface area contributed by atoms with Crippen LogP contribution in [0, 0.1) is 0 Å². The van der Waals surface area contributed by atoms with Crippen molar-refractivity contribution in [3.63, 3.8) is 0 Å². The summed E-state index contributed by atoms with van der Waals surface area (Å²) in [7, 11) is -3.82. The van der Waals surface area contributed by atoms with Gasteiger partial charge in [0.2, 0.25) is 0 Å². The SMILES string of the molecule is O=C(NNC(=O)c1ccccc1NS(=O)(=O)c1cccs1)c1ccccc1Cl. The minimum atomic E-state index is -3.82. The molecular formula is C18H14ClN3O4S2. The number of benzene rings is 2. The summed E-state index contributed by atoms with van der Waals surface area (Å²) in [5, 5.41) is 1.87. The predicted octanol–water partition coefficient (Wildman–Crippen LogP) is 3.28. The molecule has 0 aliphatic carbocycles. The maximum atomic E-state index is 12.5. The van der Waals surface area contributed by atoms with E-state index in [-0.39, 0.29) is 26.0 Å². The van der Waals surface area contributed by atoms with Crippen LogP contribution < -0.4 is 15.6 Å². The first-order chi connectivity index (χ1) is 13.4. The van der Waals surface area contributed by atoms with E-state index in [1.807, 2.05) is 0 Å². The van der Waals surface area contributed by atoms with Crippen LogP contribution in [0.15, 0.2) is 70.3 Å². The Kier molecular flexibility index (Phi) is 5.98. The highest BCUT2D eigenvalue weighted by atomic mass is 35.5. The molecule has 0 unspecified atom stereocenters. The molecule has 0 saturated carbocycles. The van der Waals surface area contributed by atoms with E-state index >= 15 is 0 Å². The van der Waals surface area contributed by atoms with Gasteiger partial charge in [-0.25, -0.2) is 8.42 Å². The Morgan fingerprint density at radius 1 is 0.821 bits per heavy atom. The van der Waals surface area contributed by atoms with Gasteiger partial charge >= 0.3 is 0 Å². The smallest absolute Gasteiger partial charge is 0.271 e. The highest BCUT2D eigenvalue weighted by Gasteiger charge is 2.20. The largest absolute Gasteiger partial charge is 0.278 e. The van der Waals surface area contributed by atoms with Gasteiger partial charge in [-0.1, -0.05) is 41.9 Å². The van der Waals surface area contributed by atoms with Gasteiger partial charge in [-0.05, 0) is 35.7 Å². The fraction of sp³-hybridized carbons (Fsp3) is 0. The fourth-order valence-electron chi connectivity index (χ4n) is 2.28. The lowest BCUT2D eigenvalue weighted by Crippen LogP contribution is -2.42. The summed E-state index contributed by atoms with van der Waals surface area (Å²) in [5.41, 5.74) is 4.83. The van der Waals surface area contributed by atoms with E-state index in [1.165, 1.54) is 24.3 Å². The van der Waals surface area contributed by atoms with Gasteiger partial charge in [0.1, 0.15) is 4.21 Å². The summed E-state index contributed by atoms with van der Waals surface area (Å²) in [6.07, 6.45) is 0. The molecule has 2 aromatic carbocycles. The molecule has 0 spiro atoms. The third-order valence-electron chi connectivity index (χ3n) is 3.58. The number of nitrogens with one attached hydrogen (secondary N) is 3. The van der Waals surface area contributed by atoms with Crippen molar-refractivity contribution < 1.29 is 18.0 Å². The van der Waals surface area contributed by atoms with E-state index < -0.39 is 21.8 Å². The molecule has 0 radical (unpaired) electrons. The molecule has 1 heterocycles. The van der Waals surface area contributed by atoms with Crippen LogP contribution in [0.4, 0.5) is 5.69 Å². The molecule has 0 fully saturated rings. The molecule has 2 amide bonds. The second kappa shape index (κ2) is 8.42. The third-order valence-corrected chi connectivity index (χ3v) is 6.68. The quantitative estimate of drug-likeness (QED) is 0.535. The lowest BCUT2D eigenvalue weighted by atomic mass is 10.2. The van der Waals surface area contributed by atoms with Gasteiger partial charge in [-0.3, -0.25) is 25.2 Å². The van der Waals surface area contributed by atoms with Crippen LogP contribution in [0.5, 0.6) is 0 Å². The summed E-state index contributed by atoms with van der Waals surface area (Å²) >= 11 is 7.00. The monoisotopic (exact) mass is 435 g/mol. The summed E-state index contributed by atoms with van der Waals surface area (Å²) in [6, 6.07) is 15.5. The zero-order valence-corrected chi connectivity index (χ0v) is 16.6. The van der Waals surface area contributed by atoms with Crippen molar-refractivity contribution >= 4 is 50.5 Å². The number of sulfonamides is 1. The summed E-state index contributed by atoms with van der Waals surface area (Å²) in [6.45, 7) is 0. The van der Waals surface area contributed by atoms with Crippen molar-refractivity contribution in [2.24, 2.45) is 0 Å². The van der Waals surface area contributed by atoms with Crippen LogP contribution in [0.1, 0.15) is 20.7 Å². The van der Waals surface area contributed by atoms with Crippen molar-refractivity contribution in [1.29, 1.82) is 0 Å². The van der Waals surface area contributed by atoms with E-state index in [0.29, 0.717) is 0 Å². The molecule has 1 aromatic heterocycles. The number of hydrogen-bond donors (Lipinski definition) is 3. The van der Waals surface area contributed by atoms with E-state index in [1.54, 1.807) is 41.8 Å². The lowest BCUT2D eigenvalue weighted by molar-refractivity contribution is 0.0847. The van der Waals surface area contributed by atoms with Crippen LogP contribution in [0.2, 0.25) is 5.02 Å². The maximum absolute atomic E-state index is 12.5. The Hall–Kier alpha value is -2.88. The number of carbonyl (C=O) groups excluding carboxylic acids is 2. The first-order valence-corrected chi connectivity index (χ1v) is 10.6. The third kappa shape index (κ3) is 4.50. The van der Waals surface area contributed by atoms with Crippen molar-refractivity contribution in [2.75, 3.05) is 4.72 Å². The second-order valence-electron chi connectivity index (χ2n) is 5.47. The van der Waals surface area contributed by atoms with Crippen LogP contribution >= 0.6 is 22.9 Å². The number of hydrazine groups is 1. The topological polar surface area (TPSA) is 104 Å². The van der Waals surface area contributed by atoms with Gasteiger partial charge in [0, 0.05) is 0 Å². The Morgan fingerprint density at radius 3 is 2.07 bits per heavy atom. The van der Waals surface area contributed by atoms with E-state index in [9.17, 15) is 18.0 Å². The minimum absolute atomic E-state index is 0.0436. The molecule has 144 valence electrons. The van der Waals surface area contributed by atoms with Crippen molar-refractivity contribution in [1.82, 2.24) is 10.9 Å². The van der Waals surface area contributed by atoms with Gasteiger partial charge in [0.15, 0.2) is 0 Å². The Bertz CT molecular complexity index is 1120. The van der Waals surface area contributed by atoms with Crippen molar-refractivity contribution in [2.45, 2.75) is 4.21 Å². The zero-order valence-electron chi connectivity index (χ0n) is 14.2. The minimum Gasteiger partial charge on any atom is -0.278 e. The molecule has 3 N–H and O–H groups in total. The molecule has 0 aliphatic heterocycles. The molecule has 3 aromatic rings. The average Bonchev–Trinajstić information content (AvgIpc) is 3.22. The van der Waals surface area contributed by atoms with Gasteiger partial charge in [-0.15, -0.1) is 11.3 Å². The Morgan fingerprint density at radius 2 is 1.43 bits per heavy atom. The lowest BCUT2D eigenvalue weighted by Gasteiger charge is -2.13. The first kappa shape index (κ1) is 19.9. The van der Waals surface area contributed by atoms with E-state index in [0.717, 1.165) is 11.3 Å². The molecule has 3 rings (SSSR count). The normalized spacial score (nSPS) is 10.9. The van der Waals surface area contributed by atoms with Gasteiger partial charge in [0.05, 0.1) is 21.8 Å². The summed E-state index contributed by atoms with van der Waals surface area (Å²) in [5.74, 6) is -1.29. The molecular weight excluding hydrogens is 422 g/mol. The predicted molar refractivity (Wildman–Crippen MR) is 108 cm³/mol. The average molecular weight is 436 g/mol. The number of amides is 2. The Labute approximate surface area is 170 Å². The highest BCUT2D eigenvalue weighted by Crippen LogP contribution is 2.22. The summed E-state index contributed by atoms with van der Waals surface area (Å²) < 4.78 is 27.3. The number of anilines is 1. The standard InChI is InChI=1S/C18H14ClN3O4S2/c19-14-8-3-1-6-12(14)17(23)20-21-18(24)13-7-2-4-9-15(13)22-28(25,26)16-10-5-11-27-16/h1-11,22H,(H,20,23)(H,21,24). The highest BCUT2D eigenvalue weighted by molar-refractivity contribution is 7.94. The van der Waals surface area contributed by atoms with Gasteiger partial charge < -0.3 is 0 Å². The summed E-state index contributed by atoms with van der Waals surface area (Å²) in [4.78, 5) is 24.6. The van der Waals surface area contributed by atoms with Crippen LogP contribution in [-0.2, 0) is 10.0 Å². The van der Waals surface area contributed by atoms with E-state index in [4.69, 9.17) is 11.6 Å². The Balaban J connectivity index is 1.74. The van der Waals surface area contributed by atoms with Gasteiger partial charge in [-0.2, -0.15) is 0 Å². The second-order valence-corrected chi connectivity index (χ2v) is 8.74. The number of rotatable bonds is 5. The maximum Gasteiger partial charge on any atom is 0.271 e. The van der Waals surface area contributed by atoms with E-state index in [2.05, 4.69) is 15.6 Å². The first-order valence-electron chi connectivity index (χ1n) is 7.89. The molecule has 0 atom stereocenters. The number of halogens is 1. The fourth-order valence-corrected chi connectivity index (χ4v) is 4.57. The van der Waals surface area contributed by atoms with Crippen LogP contribution in [0.25, 0.3) is 0 Å². The van der Waals surface area contributed by atoms with Crippen molar-refractivity contribution in [3.05, 3.63) is 82.2 Å². The van der Waals surface area contributed by atoms with Crippen LogP contribution in [-0.4, -0.2) is 20.2 Å². The molecule has 28 heavy (non-hydrogen) atoms. The molecule has 0 aliphatic rings. The molecule has 10 heteroatoms. The number of hydrogen-bond acceptors (Lipinski definition) is 5. The number of para-hydroxylation sites is 1. The van der Waals surface area contributed by atoms with Gasteiger partial charge in [0.25, 0.3) is 21.8 Å². The molecule has 7 nitrogen and oxygen atoms in total. The zero-order chi connectivity index (χ0) is 20.1. The number of carbonyl (C=O) groups is 2.